The van der Waals surface area contributed by atoms with Gasteiger partial charge in [-0.1, -0.05) is 62.0 Å². The number of rotatable bonds is 5. The zero-order valence-corrected chi connectivity index (χ0v) is 15.4. The van der Waals surface area contributed by atoms with Crippen molar-refractivity contribution < 1.29 is 9.59 Å². The summed E-state index contributed by atoms with van der Waals surface area (Å²) in [6, 6.07) is 17.7. The van der Waals surface area contributed by atoms with Gasteiger partial charge in [-0.3, -0.25) is 9.59 Å². The standard InChI is InChI=1S/C20H21N3O2S/c1-14-13-18(24)21-22-19(14)16-7-9-17(10-8-16)23(20(25)26)12-11-15-5-3-2-4-6-15/h2-10,14H,11-13H2,1H3,(H,21,24)(H,25,26). The molecule has 0 radical (unpaired) electrons. The normalized spacial score (nSPS) is 16.6. The van der Waals surface area contributed by atoms with Crippen molar-refractivity contribution in [3.63, 3.8) is 0 Å². The van der Waals surface area contributed by atoms with Gasteiger partial charge in [-0.2, -0.15) is 5.10 Å². The Bertz CT molecular complexity index is 819. The highest BCUT2D eigenvalue weighted by Crippen LogP contribution is 2.22. The van der Waals surface area contributed by atoms with Crippen molar-refractivity contribution >= 4 is 35.2 Å². The largest absolute Gasteiger partial charge is 0.303 e. The molecule has 0 spiro atoms. The molecule has 3 rings (SSSR count). The second-order valence-electron chi connectivity index (χ2n) is 6.35. The number of amides is 2. The van der Waals surface area contributed by atoms with Gasteiger partial charge in [0, 0.05) is 24.6 Å². The maximum atomic E-state index is 12.0. The second-order valence-corrected chi connectivity index (χ2v) is 6.74. The van der Waals surface area contributed by atoms with E-state index in [4.69, 9.17) is 0 Å². The van der Waals surface area contributed by atoms with E-state index in [-0.39, 0.29) is 17.1 Å². The highest BCUT2D eigenvalue weighted by molar-refractivity contribution is 7.96. The Morgan fingerprint density at radius 2 is 1.88 bits per heavy atom. The van der Waals surface area contributed by atoms with Crippen LogP contribution in [0.3, 0.4) is 0 Å². The average Bonchev–Trinajstić information content (AvgIpc) is 2.63. The van der Waals surface area contributed by atoms with Crippen LogP contribution in [-0.4, -0.2) is 23.4 Å². The molecule has 26 heavy (non-hydrogen) atoms. The Labute approximate surface area is 158 Å². The molecule has 6 heteroatoms. The van der Waals surface area contributed by atoms with Gasteiger partial charge in [-0.15, -0.1) is 0 Å². The fraction of sp³-hybridized carbons (Fsp3) is 0.250. The summed E-state index contributed by atoms with van der Waals surface area (Å²) >= 11 is 4.02. The van der Waals surface area contributed by atoms with Gasteiger partial charge in [0.2, 0.25) is 5.91 Å². The van der Waals surface area contributed by atoms with Gasteiger partial charge in [-0.25, -0.2) is 5.43 Å². The number of carbonyl (C=O) groups excluding carboxylic acids is 2. The molecule has 0 bridgehead atoms. The van der Waals surface area contributed by atoms with Crippen molar-refractivity contribution in [1.82, 2.24) is 5.43 Å². The molecule has 0 fully saturated rings. The van der Waals surface area contributed by atoms with Crippen molar-refractivity contribution in [3.05, 3.63) is 65.7 Å². The number of nitrogens with zero attached hydrogens (tertiary/aromatic N) is 2. The van der Waals surface area contributed by atoms with E-state index in [1.807, 2.05) is 61.5 Å². The Morgan fingerprint density at radius 1 is 1.19 bits per heavy atom. The molecule has 2 amide bonds. The van der Waals surface area contributed by atoms with Crippen molar-refractivity contribution in [2.24, 2.45) is 11.0 Å². The first-order chi connectivity index (χ1) is 12.5. The first kappa shape index (κ1) is 18.2. The highest BCUT2D eigenvalue weighted by Gasteiger charge is 2.22. The van der Waals surface area contributed by atoms with E-state index in [0.717, 1.165) is 23.4 Å². The fourth-order valence-corrected chi connectivity index (χ4v) is 3.25. The third-order valence-corrected chi connectivity index (χ3v) is 4.67. The molecule has 2 aromatic rings. The molecule has 0 aromatic heterocycles. The van der Waals surface area contributed by atoms with Crippen LogP contribution in [0.2, 0.25) is 0 Å². The van der Waals surface area contributed by atoms with E-state index in [2.05, 4.69) is 23.2 Å². The van der Waals surface area contributed by atoms with Crippen molar-refractivity contribution in [1.29, 1.82) is 0 Å². The van der Waals surface area contributed by atoms with Gasteiger partial charge in [0.1, 0.15) is 0 Å². The minimum atomic E-state index is -0.288. The van der Waals surface area contributed by atoms with Crippen LogP contribution in [0.5, 0.6) is 0 Å². The van der Waals surface area contributed by atoms with Gasteiger partial charge in [0.15, 0.2) is 0 Å². The van der Waals surface area contributed by atoms with Crippen LogP contribution in [0.15, 0.2) is 59.7 Å². The van der Waals surface area contributed by atoms with Gasteiger partial charge in [0.05, 0.1) is 5.71 Å². The third kappa shape index (κ3) is 4.32. The molecule has 0 saturated carbocycles. The fourth-order valence-electron chi connectivity index (χ4n) is 3.04. The third-order valence-electron chi connectivity index (χ3n) is 4.43. The van der Waals surface area contributed by atoms with Crippen molar-refractivity contribution in [2.75, 3.05) is 11.4 Å². The predicted octanol–water partition coefficient (Wildman–Crippen LogP) is 3.65. The van der Waals surface area contributed by atoms with E-state index in [1.54, 1.807) is 4.90 Å². The molecule has 1 aliphatic heterocycles. The minimum Gasteiger partial charge on any atom is -0.303 e. The zero-order valence-electron chi connectivity index (χ0n) is 14.6. The zero-order chi connectivity index (χ0) is 18.5. The van der Waals surface area contributed by atoms with E-state index in [1.165, 1.54) is 5.56 Å². The van der Waals surface area contributed by atoms with Crippen LogP contribution in [-0.2, 0) is 11.2 Å². The van der Waals surface area contributed by atoms with E-state index < -0.39 is 0 Å². The number of hydrogen-bond donors (Lipinski definition) is 2. The summed E-state index contributed by atoms with van der Waals surface area (Å²) in [5, 5.41) is 3.88. The molecule has 1 N–H and O–H groups in total. The Kier molecular flexibility index (Phi) is 5.73. The minimum absolute atomic E-state index is 0.0642. The molecule has 134 valence electrons. The first-order valence-electron chi connectivity index (χ1n) is 8.56. The number of hydrazone groups is 1. The molecule has 1 unspecified atom stereocenters. The second kappa shape index (κ2) is 8.19. The number of benzene rings is 2. The summed E-state index contributed by atoms with van der Waals surface area (Å²) in [5.74, 6) is 0.000854. The molecule has 5 nitrogen and oxygen atoms in total. The number of carbonyl (C=O) groups is 2. The van der Waals surface area contributed by atoms with Crippen LogP contribution in [0, 0.1) is 5.92 Å². The van der Waals surface area contributed by atoms with Crippen LogP contribution in [0.1, 0.15) is 24.5 Å². The highest BCUT2D eigenvalue weighted by atomic mass is 32.1. The summed E-state index contributed by atoms with van der Waals surface area (Å²) in [4.78, 5) is 25.0. The molecular weight excluding hydrogens is 346 g/mol. The van der Waals surface area contributed by atoms with Crippen molar-refractivity contribution in [2.45, 2.75) is 19.8 Å². The lowest BCUT2D eigenvalue weighted by atomic mass is 9.94. The lowest BCUT2D eigenvalue weighted by molar-refractivity contribution is -0.121. The quantitative estimate of drug-likeness (QED) is 0.793. The number of thiol groups is 1. The summed E-state index contributed by atoms with van der Waals surface area (Å²) in [6.07, 6.45) is 1.18. The van der Waals surface area contributed by atoms with Gasteiger partial charge in [-0.05, 0) is 29.7 Å². The first-order valence-corrected chi connectivity index (χ1v) is 9.00. The molecular formula is C20H21N3O2S. The molecule has 1 aliphatic rings. The molecule has 0 saturated heterocycles. The van der Waals surface area contributed by atoms with E-state index in [9.17, 15) is 9.59 Å². The molecule has 2 aromatic carbocycles. The summed E-state index contributed by atoms with van der Waals surface area (Å²) < 4.78 is 0. The van der Waals surface area contributed by atoms with Crippen LogP contribution < -0.4 is 10.3 Å². The number of hydrogen-bond acceptors (Lipinski definition) is 3. The number of anilines is 1. The van der Waals surface area contributed by atoms with Gasteiger partial charge in [0.25, 0.3) is 5.24 Å². The van der Waals surface area contributed by atoms with Crippen LogP contribution in [0.25, 0.3) is 0 Å². The summed E-state index contributed by atoms with van der Waals surface area (Å²) in [7, 11) is 0. The van der Waals surface area contributed by atoms with Crippen LogP contribution in [0.4, 0.5) is 10.5 Å². The Balaban J connectivity index is 1.74. The van der Waals surface area contributed by atoms with Gasteiger partial charge >= 0.3 is 0 Å². The average molecular weight is 367 g/mol. The monoisotopic (exact) mass is 367 g/mol. The summed E-state index contributed by atoms with van der Waals surface area (Å²) in [5.41, 5.74) is 6.28. The van der Waals surface area contributed by atoms with Gasteiger partial charge < -0.3 is 4.90 Å². The number of nitrogens with one attached hydrogen (secondary N) is 1. The predicted molar refractivity (Wildman–Crippen MR) is 107 cm³/mol. The maximum Gasteiger partial charge on any atom is 0.282 e. The lowest BCUT2D eigenvalue weighted by Crippen LogP contribution is -2.32. The Morgan fingerprint density at radius 3 is 2.50 bits per heavy atom. The molecule has 1 atom stereocenters. The SMILES string of the molecule is CC1CC(=O)NN=C1c1ccc(N(CCc2ccccc2)C(=O)S)cc1. The molecule has 1 heterocycles. The van der Waals surface area contributed by atoms with Crippen LogP contribution >= 0.6 is 12.6 Å². The topological polar surface area (TPSA) is 61.8 Å². The van der Waals surface area contributed by atoms with E-state index in [0.29, 0.717) is 13.0 Å². The lowest BCUT2D eigenvalue weighted by Gasteiger charge is -2.22. The smallest absolute Gasteiger partial charge is 0.282 e. The molecule has 0 aliphatic carbocycles. The Hall–Kier alpha value is -2.60. The summed E-state index contributed by atoms with van der Waals surface area (Å²) in [6.45, 7) is 2.54. The van der Waals surface area contributed by atoms with Crippen molar-refractivity contribution in [3.8, 4) is 0 Å². The van der Waals surface area contributed by atoms with E-state index >= 15 is 0 Å². The maximum absolute atomic E-state index is 12.0.